The van der Waals surface area contributed by atoms with Gasteiger partial charge in [0.25, 0.3) is 0 Å². The van der Waals surface area contributed by atoms with Gasteiger partial charge in [-0.25, -0.2) is 4.39 Å². The van der Waals surface area contributed by atoms with Crippen LogP contribution in [0.3, 0.4) is 0 Å². The minimum Gasteiger partial charge on any atom is -0.397 e. The molecule has 15 heavy (non-hydrogen) atoms. The molecule has 0 aliphatic rings. The summed E-state index contributed by atoms with van der Waals surface area (Å²) in [5.74, 6) is -0.268. The first kappa shape index (κ1) is 9.65. The van der Waals surface area contributed by atoms with E-state index in [4.69, 9.17) is 5.73 Å². The number of pyridine rings is 1. The van der Waals surface area contributed by atoms with Crippen molar-refractivity contribution in [3.8, 4) is 11.3 Å². The van der Waals surface area contributed by atoms with Crippen LogP contribution in [-0.2, 0) is 0 Å². The Labute approximate surface area is 87.6 Å². The Morgan fingerprint density at radius 3 is 2.73 bits per heavy atom. The van der Waals surface area contributed by atoms with Crippen molar-refractivity contribution >= 4 is 5.69 Å². The van der Waals surface area contributed by atoms with Crippen molar-refractivity contribution < 1.29 is 4.39 Å². The topological polar surface area (TPSA) is 38.9 Å². The molecular formula is C12H11FN2. The number of hydrogen-bond donors (Lipinski definition) is 1. The number of nitrogen functional groups attached to an aromatic ring is 1. The van der Waals surface area contributed by atoms with Gasteiger partial charge in [0.1, 0.15) is 5.82 Å². The fourth-order valence-corrected chi connectivity index (χ4v) is 1.53. The van der Waals surface area contributed by atoms with Crippen LogP contribution in [0.4, 0.5) is 10.1 Å². The molecule has 0 aliphatic heterocycles. The zero-order chi connectivity index (χ0) is 10.8. The summed E-state index contributed by atoms with van der Waals surface area (Å²) >= 11 is 0. The van der Waals surface area contributed by atoms with E-state index in [1.165, 1.54) is 12.1 Å². The van der Waals surface area contributed by atoms with E-state index >= 15 is 0 Å². The normalized spacial score (nSPS) is 10.3. The lowest BCUT2D eigenvalue weighted by atomic mass is 10.1. The zero-order valence-corrected chi connectivity index (χ0v) is 8.37. The summed E-state index contributed by atoms with van der Waals surface area (Å²) < 4.78 is 13.2. The standard InChI is InChI=1S/C12H11FN2/c1-8-5-9(7-10(13)6-8)12-11(14)3-2-4-15-12/h2-7H,14H2,1H3. The number of nitrogens with zero attached hydrogens (tertiary/aromatic N) is 1. The van der Waals surface area contributed by atoms with Crippen molar-refractivity contribution in [3.05, 3.63) is 47.9 Å². The van der Waals surface area contributed by atoms with Gasteiger partial charge >= 0.3 is 0 Å². The van der Waals surface area contributed by atoms with Crippen molar-refractivity contribution in [1.29, 1.82) is 0 Å². The first-order chi connectivity index (χ1) is 7.16. The van der Waals surface area contributed by atoms with Gasteiger partial charge in [-0.15, -0.1) is 0 Å². The van der Waals surface area contributed by atoms with Gasteiger partial charge in [0.05, 0.1) is 11.4 Å². The lowest BCUT2D eigenvalue weighted by Crippen LogP contribution is -1.93. The molecule has 76 valence electrons. The highest BCUT2D eigenvalue weighted by Crippen LogP contribution is 2.24. The van der Waals surface area contributed by atoms with E-state index in [-0.39, 0.29) is 5.82 Å². The first-order valence-electron chi connectivity index (χ1n) is 4.65. The van der Waals surface area contributed by atoms with Crippen LogP contribution >= 0.6 is 0 Å². The molecule has 0 amide bonds. The van der Waals surface area contributed by atoms with Gasteiger partial charge in [0, 0.05) is 11.8 Å². The fraction of sp³-hybridized carbons (Fsp3) is 0.0833. The van der Waals surface area contributed by atoms with E-state index in [0.717, 1.165) is 5.56 Å². The Bertz CT molecular complexity index is 474. The van der Waals surface area contributed by atoms with E-state index in [0.29, 0.717) is 16.9 Å². The molecule has 1 aromatic heterocycles. The van der Waals surface area contributed by atoms with Crippen LogP contribution in [0.1, 0.15) is 5.56 Å². The molecule has 2 N–H and O–H groups in total. The second-order valence-corrected chi connectivity index (χ2v) is 3.46. The van der Waals surface area contributed by atoms with Crippen LogP contribution in [0.2, 0.25) is 0 Å². The van der Waals surface area contributed by atoms with Crippen molar-refractivity contribution in [2.45, 2.75) is 6.92 Å². The maximum Gasteiger partial charge on any atom is 0.124 e. The second-order valence-electron chi connectivity index (χ2n) is 3.46. The van der Waals surface area contributed by atoms with Gasteiger partial charge in [-0.05, 0) is 42.8 Å². The first-order valence-corrected chi connectivity index (χ1v) is 4.65. The van der Waals surface area contributed by atoms with E-state index in [9.17, 15) is 4.39 Å². The summed E-state index contributed by atoms with van der Waals surface area (Å²) in [4.78, 5) is 4.14. The summed E-state index contributed by atoms with van der Waals surface area (Å²) in [6.07, 6.45) is 1.64. The number of nitrogens with two attached hydrogens (primary N) is 1. The summed E-state index contributed by atoms with van der Waals surface area (Å²) in [5, 5.41) is 0. The van der Waals surface area contributed by atoms with E-state index in [1.807, 2.05) is 13.0 Å². The molecule has 2 nitrogen and oxygen atoms in total. The third-order valence-corrected chi connectivity index (χ3v) is 2.15. The van der Waals surface area contributed by atoms with Crippen molar-refractivity contribution in [2.75, 3.05) is 5.73 Å². The smallest absolute Gasteiger partial charge is 0.124 e. The second kappa shape index (κ2) is 3.69. The van der Waals surface area contributed by atoms with Crippen LogP contribution in [0.5, 0.6) is 0 Å². The summed E-state index contributed by atoms with van der Waals surface area (Å²) in [5.41, 5.74) is 8.52. The molecule has 0 saturated heterocycles. The zero-order valence-electron chi connectivity index (χ0n) is 8.37. The number of aromatic nitrogens is 1. The van der Waals surface area contributed by atoms with Crippen molar-refractivity contribution in [2.24, 2.45) is 0 Å². The molecule has 1 aromatic carbocycles. The average molecular weight is 202 g/mol. The minimum absolute atomic E-state index is 0.268. The molecule has 1 heterocycles. The molecule has 0 fully saturated rings. The number of benzene rings is 1. The molecule has 2 rings (SSSR count). The monoisotopic (exact) mass is 202 g/mol. The molecule has 0 bridgehead atoms. The lowest BCUT2D eigenvalue weighted by Gasteiger charge is -2.05. The third-order valence-electron chi connectivity index (χ3n) is 2.15. The highest BCUT2D eigenvalue weighted by molar-refractivity contribution is 5.72. The van der Waals surface area contributed by atoms with Crippen LogP contribution in [0, 0.1) is 12.7 Å². The number of halogens is 1. The highest BCUT2D eigenvalue weighted by atomic mass is 19.1. The fourth-order valence-electron chi connectivity index (χ4n) is 1.53. The number of anilines is 1. The Balaban J connectivity index is 2.59. The SMILES string of the molecule is Cc1cc(F)cc(-c2ncccc2N)c1. The molecular weight excluding hydrogens is 191 g/mol. The van der Waals surface area contributed by atoms with Gasteiger partial charge in [-0.1, -0.05) is 0 Å². The van der Waals surface area contributed by atoms with E-state index in [1.54, 1.807) is 18.3 Å². The van der Waals surface area contributed by atoms with Gasteiger partial charge in [0.2, 0.25) is 0 Å². The van der Waals surface area contributed by atoms with Crippen LogP contribution < -0.4 is 5.73 Å². The third kappa shape index (κ3) is 1.96. The molecule has 2 aromatic rings. The highest BCUT2D eigenvalue weighted by Gasteiger charge is 2.05. The summed E-state index contributed by atoms with van der Waals surface area (Å²) in [6.45, 7) is 1.84. The molecule has 0 saturated carbocycles. The molecule has 0 radical (unpaired) electrons. The maximum absolute atomic E-state index is 13.2. The minimum atomic E-state index is -0.268. The molecule has 0 atom stereocenters. The van der Waals surface area contributed by atoms with E-state index in [2.05, 4.69) is 4.98 Å². The summed E-state index contributed by atoms with van der Waals surface area (Å²) in [7, 11) is 0. The molecule has 0 aliphatic carbocycles. The lowest BCUT2D eigenvalue weighted by molar-refractivity contribution is 0.627. The Kier molecular flexibility index (Phi) is 2.37. The van der Waals surface area contributed by atoms with Crippen LogP contribution in [0.25, 0.3) is 11.3 Å². The number of rotatable bonds is 1. The van der Waals surface area contributed by atoms with Crippen molar-refractivity contribution in [1.82, 2.24) is 4.98 Å². The predicted octanol–water partition coefficient (Wildman–Crippen LogP) is 2.78. The quantitative estimate of drug-likeness (QED) is 0.772. The van der Waals surface area contributed by atoms with Gasteiger partial charge < -0.3 is 5.73 Å². The predicted molar refractivity (Wildman–Crippen MR) is 58.8 cm³/mol. The largest absolute Gasteiger partial charge is 0.397 e. The van der Waals surface area contributed by atoms with Crippen LogP contribution in [-0.4, -0.2) is 4.98 Å². The average Bonchev–Trinajstić information content (AvgIpc) is 2.16. The summed E-state index contributed by atoms with van der Waals surface area (Å²) in [6, 6.07) is 8.28. The molecule has 0 unspecified atom stereocenters. The Morgan fingerprint density at radius 2 is 2.07 bits per heavy atom. The molecule has 0 spiro atoms. The molecule has 3 heteroatoms. The number of aryl methyl sites for hydroxylation is 1. The van der Waals surface area contributed by atoms with Crippen molar-refractivity contribution in [3.63, 3.8) is 0 Å². The maximum atomic E-state index is 13.2. The number of hydrogen-bond acceptors (Lipinski definition) is 2. The van der Waals surface area contributed by atoms with E-state index < -0.39 is 0 Å². The van der Waals surface area contributed by atoms with Crippen LogP contribution in [0.15, 0.2) is 36.5 Å². The van der Waals surface area contributed by atoms with Gasteiger partial charge in [0.15, 0.2) is 0 Å². The van der Waals surface area contributed by atoms with Gasteiger partial charge in [-0.2, -0.15) is 0 Å². The Morgan fingerprint density at radius 1 is 1.27 bits per heavy atom. The Hall–Kier alpha value is -1.90. The van der Waals surface area contributed by atoms with Gasteiger partial charge in [-0.3, -0.25) is 4.98 Å².